The molecule has 1 aromatic rings. The maximum atomic E-state index is 12.6. The molecule has 0 saturated carbocycles. The lowest BCUT2D eigenvalue weighted by molar-refractivity contribution is -0.126. The topological polar surface area (TPSA) is 67.4 Å². The normalized spacial score (nSPS) is 22.4. The first-order valence-corrected chi connectivity index (χ1v) is 9.91. The van der Waals surface area contributed by atoms with Crippen LogP contribution in [0.4, 0.5) is 5.82 Å². The average Bonchev–Trinajstić information content (AvgIpc) is 2.62. The fraction of sp³-hybridized carbons (Fsp3) is 0.706. The molecule has 1 amide bonds. The van der Waals surface area contributed by atoms with Crippen molar-refractivity contribution in [2.24, 2.45) is 5.92 Å². The third-order valence-electron chi connectivity index (χ3n) is 4.69. The van der Waals surface area contributed by atoms with Crippen LogP contribution in [0.2, 0.25) is 0 Å². The predicted octanol–water partition coefficient (Wildman–Crippen LogP) is 2.02. The molecular formula is C17H26N4O2S. The molecule has 0 aliphatic carbocycles. The number of carbonyl (C=O) groups is 1. The van der Waals surface area contributed by atoms with Crippen LogP contribution >= 0.6 is 11.8 Å². The minimum atomic E-state index is 0.0367. The SMILES string of the molecule is CSc1nc(C)cc(N2CCCC(C(=O)NC3CCOCC3)C2)n1. The summed E-state index contributed by atoms with van der Waals surface area (Å²) >= 11 is 1.55. The van der Waals surface area contributed by atoms with E-state index < -0.39 is 0 Å². The number of aromatic nitrogens is 2. The largest absolute Gasteiger partial charge is 0.381 e. The van der Waals surface area contributed by atoms with Crippen molar-refractivity contribution >= 4 is 23.5 Å². The van der Waals surface area contributed by atoms with Gasteiger partial charge < -0.3 is 15.0 Å². The third-order valence-corrected chi connectivity index (χ3v) is 5.23. The molecule has 2 saturated heterocycles. The highest BCUT2D eigenvalue weighted by Crippen LogP contribution is 2.24. The lowest BCUT2D eigenvalue weighted by atomic mass is 9.96. The highest BCUT2D eigenvalue weighted by Gasteiger charge is 2.28. The maximum Gasteiger partial charge on any atom is 0.225 e. The quantitative estimate of drug-likeness (QED) is 0.662. The summed E-state index contributed by atoms with van der Waals surface area (Å²) in [5.74, 6) is 1.16. The second-order valence-electron chi connectivity index (χ2n) is 6.53. The second kappa shape index (κ2) is 8.16. The minimum absolute atomic E-state index is 0.0367. The molecular weight excluding hydrogens is 324 g/mol. The van der Waals surface area contributed by atoms with Gasteiger partial charge in [0, 0.05) is 44.1 Å². The van der Waals surface area contributed by atoms with E-state index >= 15 is 0 Å². The number of amides is 1. The number of piperidine rings is 1. The van der Waals surface area contributed by atoms with Crippen molar-refractivity contribution in [3.63, 3.8) is 0 Å². The van der Waals surface area contributed by atoms with Crippen molar-refractivity contribution in [3.8, 4) is 0 Å². The molecule has 7 heteroatoms. The Morgan fingerprint density at radius 1 is 1.33 bits per heavy atom. The zero-order valence-electron chi connectivity index (χ0n) is 14.5. The second-order valence-corrected chi connectivity index (χ2v) is 7.31. The van der Waals surface area contributed by atoms with E-state index in [4.69, 9.17) is 4.74 Å². The summed E-state index contributed by atoms with van der Waals surface area (Å²) in [6.07, 6.45) is 5.79. The number of rotatable bonds is 4. The summed E-state index contributed by atoms with van der Waals surface area (Å²) in [6, 6.07) is 2.28. The molecule has 2 aliphatic rings. The van der Waals surface area contributed by atoms with Crippen LogP contribution in [-0.4, -0.2) is 54.5 Å². The molecule has 0 radical (unpaired) electrons. The van der Waals surface area contributed by atoms with Gasteiger partial charge in [0.1, 0.15) is 5.82 Å². The molecule has 24 heavy (non-hydrogen) atoms. The van der Waals surface area contributed by atoms with Crippen molar-refractivity contribution in [2.75, 3.05) is 37.5 Å². The molecule has 2 aliphatic heterocycles. The van der Waals surface area contributed by atoms with Crippen molar-refractivity contribution in [1.29, 1.82) is 0 Å². The van der Waals surface area contributed by atoms with Crippen LogP contribution < -0.4 is 10.2 Å². The molecule has 0 aromatic carbocycles. The highest BCUT2D eigenvalue weighted by atomic mass is 32.2. The number of hydrogen-bond donors (Lipinski definition) is 1. The number of thioether (sulfide) groups is 1. The Morgan fingerprint density at radius 2 is 2.12 bits per heavy atom. The van der Waals surface area contributed by atoms with Crippen molar-refractivity contribution < 1.29 is 9.53 Å². The van der Waals surface area contributed by atoms with E-state index in [9.17, 15) is 4.79 Å². The molecule has 3 heterocycles. The van der Waals surface area contributed by atoms with Crippen LogP contribution in [0.3, 0.4) is 0 Å². The number of aryl methyl sites for hydroxylation is 1. The van der Waals surface area contributed by atoms with Gasteiger partial charge >= 0.3 is 0 Å². The standard InChI is InChI=1S/C17H26N4O2S/c1-12-10-15(20-17(18-12)24-2)21-7-3-4-13(11-21)16(22)19-14-5-8-23-9-6-14/h10,13-14H,3-9,11H2,1-2H3,(H,19,22). The van der Waals surface area contributed by atoms with Gasteiger partial charge in [-0.1, -0.05) is 11.8 Å². The van der Waals surface area contributed by atoms with Crippen LogP contribution in [0.1, 0.15) is 31.4 Å². The van der Waals surface area contributed by atoms with Gasteiger partial charge in [-0.15, -0.1) is 0 Å². The molecule has 1 unspecified atom stereocenters. The smallest absolute Gasteiger partial charge is 0.225 e. The number of anilines is 1. The highest BCUT2D eigenvalue weighted by molar-refractivity contribution is 7.98. The Balaban J connectivity index is 1.63. The monoisotopic (exact) mass is 350 g/mol. The average molecular weight is 350 g/mol. The lowest BCUT2D eigenvalue weighted by Gasteiger charge is -2.34. The molecule has 0 spiro atoms. The first kappa shape index (κ1) is 17.5. The number of ether oxygens (including phenoxy) is 1. The van der Waals surface area contributed by atoms with Gasteiger partial charge in [0.05, 0.1) is 5.92 Å². The van der Waals surface area contributed by atoms with Crippen LogP contribution in [0.15, 0.2) is 11.2 Å². The van der Waals surface area contributed by atoms with Crippen LogP contribution in [0, 0.1) is 12.8 Å². The Bertz CT molecular complexity index is 578. The Morgan fingerprint density at radius 3 is 2.88 bits per heavy atom. The zero-order chi connectivity index (χ0) is 16.9. The molecule has 0 bridgehead atoms. The van der Waals surface area contributed by atoms with E-state index in [0.29, 0.717) is 0 Å². The third kappa shape index (κ3) is 4.39. The number of carbonyl (C=O) groups excluding carboxylic acids is 1. The minimum Gasteiger partial charge on any atom is -0.381 e. The van der Waals surface area contributed by atoms with E-state index in [1.165, 1.54) is 0 Å². The number of hydrogen-bond acceptors (Lipinski definition) is 6. The van der Waals surface area contributed by atoms with E-state index in [-0.39, 0.29) is 17.9 Å². The number of nitrogens with one attached hydrogen (secondary N) is 1. The molecule has 1 N–H and O–H groups in total. The van der Waals surface area contributed by atoms with Gasteiger partial charge in [-0.3, -0.25) is 4.79 Å². The molecule has 1 atom stereocenters. The summed E-state index contributed by atoms with van der Waals surface area (Å²) in [7, 11) is 0. The summed E-state index contributed by atoms with van der Waals surface area (Å²) in [5, 5.41) is 4.00. The van der Waals surface area contributed by atoms with Crippen LogP contribution in [-0.2, 0) is 9.53 Å². The van der Waals surface area contributed by atoms with Gasteiger partial charge in [0.15, 0.2) is 5.16 Å². The van der Waals surface area contributed by atoms with E-state index in [1.807, 2.05) is 19.2 Å². The summed E-state index contributed by atoms with van der Waals surface area (Å²) < 4.78 is 5.36. The van der Waals surface area contributed by atoms with Crippen LogP contribution in [0.5, 0.6) is 0 Å². The molecule has 2 fully saturated rings. The van der Waals surface area contributed by atoms with Crippen molar-refractivity contribution in [1.82, 2.24) is 15.3 Å². The van der Waals surface area contributed by atoms with Gasteiger partial charge in [0.25, 0.3) is 0 Å². The Kier molecular flexibility index (Phi) is 5.94. The molecule has 3 rings (SSSR count). The fourth-order valence-corrected chi connectivity index (χ4v) is 3.76. The lowest BCUT2D eigenvalue weighted by Crippen LogP contribution is -2.47. The summed E-state index contributed by atoms with van der Waals surface area (Å²) in [4.78, 5) is 23.9. The molecule has 6 nitrogen and oxygen atoms in total. The van der Waals surface area contributed by atoms with E-state index in [2.05, 4.69) is 20.2 Å². The number of nitrogens with zero attached hydrogens (tertiary/aromatic N) is 3. The first-order chi connectivity index (χ1) is 11.7. The Hall–Kier alpha value is -1.34. The van der Waals surface area contributed by atoms with Gasteiger partial charge in [-0.2, -0.15) is 0 Å². The zero-order valence-corrected chi connectivity index (χ0v) is 15.3. The molecule has 1 aromatic heterocycles. The Labute approximate surface area is 147 Å². The predicted molar refractivity (Wildman–Crippen MR) is 95.5 cm³/mol. The van der Waals surface area contributed by atoms with Gasteiger partial charge in [0.2, 0.25) is 5.91 Å². The first-order valence-electron chi connectivity index (χ1n) is 8.68. The summed E-state index contributed by atoms with van der Waals surface area (Å²) in [6.45, 7) is 5.17. The summed E-state index contributed by atoms with van der Waals surface area (Å²) in [5.41, 5.74) is 0.970. The molecule has 132 valence electrons. The maximum absolute atomic E-state index is 12.6. The fourth-order valence-electron chi connectivity index (χ4n) is 3.34. The van der Waals surface area contributed by atoms with Gasteiger partial charge in [-0.05, 0) is 38.9 Å². The van der Waals surface area contributed by atoms with Crippen molar-refractivity contribution in [2.45, 2.75) is 43.8 Å². The van der Waals surface area contributed by atoms with E-state index in [0.717, 1.165) is 68.7 Å². The van der Waals surface area contributed by atoms with Gasteiger partial charge in [-0.25, -0.2) is 9.97 Å². The van der Waals surface area contributed by atoms with Crippen molar-refractivity contribution in [3.05, 3.63) is 11.8 Å². The van der Waals surface area contributed by atoms with Crippen LogP contribution in [0.25, 0.3) is 0 Å². The van der Waals surface area contributed by atoms with E-state index in [1.54, 1.807) is 11.8 Å².